The zero-order chi connectivity index (χ0) is 20.8. The lowest BCUT2D eigenvalue weighted by Crippen LogP contribution is -2.16. The Labute approximate surface area is 164 Å². The molecule has 1 aliphatic rings. The highest BCUT2D eigenvalue weighted by atomic mass is 19.4. The molecule has 4 rings (SSSR count). The first kappa shape index (κ1) is 19.2. The van der Waals surface area contributed by atoms with Crippen LogP contribution < -0.4 is 0 Å². The van der Waals surface area contributed by atoms with Gasteiger partial charge in [-0.15, -0.1) is 0 Å². The van der Waals surface area contributed by atoms with Crippen LogP contribution in [0.25, 0.3) is 10.9 Å². The van der Waals surface area contributed by atoms with Crippen LogP contribution >= 0.6 is 0 Å². The standard InChI is InChI=1S/C22H18F3NO3/c1-29-21(28)14-7-4-9-16-19(14)20-17(10-5-11-18(20)27)26(16)12-13-6-2-3-8-15(13)22(23,24)25/h2-4,6-9H,5,10-12H2,1H3. The number of methoxy groups -OCH3 is 1. The second kappa shape index (κ2) is 7.06. The molecule has 150 valence electrons. The molecule has 0 bridgehead atoms. The summed E-state index contributed by atoms with van der Waals surface area (Å²) >= 11 is 0. The lowest BCUT2D eigenvalue weighted by atomic mass is 9.92. The van der Waals surface area contributed by atoms with Crippen molar-refractivity contribution >= 4 is 22.7 Å². The van der Waals surface area contributed by atoms with E-state index in [0.29, 0.717) is 41.4 Å². The first-order valence-corrected chi connectivity index (χ1v) is 9.23. The highest BCUT2D eigenvalue weighted by Gasteiger charge is 2.34. The first-order chi connectivity index (χ1) is 13.8. The van der Waals surface area contributed by atoms with Gasteiger partial charge in [-0.2, -0.15) is 13.2 Å². The van der Waals surface area contributed by atoms with Gasteiger partial charge in [0.05, 0.1) is 23.8 Å². The van der Waals surface area contributed by atoms with E-state index in [1.165, 1.54) is 19.2 Å². The fourth-order valence-corrected chi connectivity index (χ4v) is 4.12. The van der Waals surface area contributed by atoms with Crippen molar-refractivity contribution in [3.05, 3.63) is 70.4 Å². The van der Waals surface area contributed by atoms with Crippen molar-refractivity contribution in [1.29, 1.82) is 0 Å². The monoisotopic (exact) mass is 401 g/mol. The lowest BCUT2D eigenvalue weighted by molar-refractivity contribution is -0.138. The molecule has 0 radical (unpaired) electrons. The molecule has 0 spiro atoms. The van der Waals surface area contributed by atoms with Crippen LogP contribution in [0.1, 0.15) is 50.4 Å². The topological polar surface area (TPSA) is 48.3 Å². The highest BCUT2D eigenvalue weighted by Crippen LogP contribution is 2.37. The summed E-state index contributed by atoms with van der Waals surface area (Å²) in [4.78, 5) is 25.0. The van der Waals surface area contributed by atoms with Crippen LogP contribution in [0.3, 0.4) is 0 Å². The van der Waals surface area contributed by atoms with Gasteiger partial charge >= 0.3 is 12.1 Å². The van der Waals surface area contributed by atoms with Gasteiger partial charge in [0.2, 0.25) is 0 Å². The van der Waals surface area contributed by atoms with E-state index in [-0.39, 0.29) is 23.5 Å². The van der Waals surface area contributed by atoms with Crippen LogP contribution in [0.15, 0.2) is 42.5 Å². The minimum Gasteiger partial charge on any atom is -0.465 e. The molecular weight excluding hydrogens is 383 g/mol. The Hall–Kier alpha value is -3.09. The number of carbonyl (C=O) groups is 2. The third-order valence-electron chi connectivity index (χ3n) is 5.35. The molecule has 1 aliphatic carbocycles. The maximum absolute atomic E-state index is 13.5. The molecule has 7 heteroatoms. The van der Waals surface area contributed by atoms with Crippen molar-refractivity contribution in [3.8, 4) is 0 Å². The SMILES string of the molecule is COC(=O)c1cccc2c1c1c(n2Cc2ccccc2C(F)(F)F)CCCC1=O. The predicted molar refractivity (Wildman–Crippen MR) is 101 cm³/mol. The molecule has 0 saturated heterocycles. The third-order valence-corrected chi connectivity index (χ3v) is 5.35. The number of nitrogens with zero attached hydrogens (tertiary/aromatic N) is 1. The summed E-state index contributed by atoms with van der Waals surface area (Å²) in [7, 11) is 1.26. The number of aromatic nitrogens is 1. The van der Waals surface area contributed by atoms with Crippen molar-refractivity contribution in [2.24, 2.45) is 0 Å². The van der Waals surface area contributed by atoms with E-state index < -0.39 is 17.7 Å². The van der Waals surface area contributed by atoms with Gasteiger partial charge < -0.3 is 9.30 Å². The molecule has 1 heterocycles. The maximum Gasteiger partial charge on any atom is 0.416 e. The molecule has 4 nitrogen and oxygen atoms in total. The van der Waals surface area contributed by atoms with Crippen LogP contribution in [0.4, 0.5) is 13.2 Å². The number of Topliss-reactive ketones (excluding diaryl/α,β-unsaturated/α-hetero) is 1. The second-order valence-corrected chi connectivity index (χ2v) is 7.03. The zero-order valence-corrected chi connectivity index (χ0v) is 15.7. The molecule has 0 amide bonds. The zero-order valence-electron chi connectivity index (χ0n) is 15.7. The molecule has 0 N–H and O–H groups in total. The molecule has 0 fully saturated rings. The van der Waals surface area contributed by atoms with Gasteiger partial charge in [0.15, 0.2) is 5.78 Å². The number of carbonyl (C=O) groups excluding carboxylic acids is 2. The van der Waals surface area contributed by atoms with Crippen LogP contribution in [-0.2, 0) is 23.9 Å². The van der Waals surface area contributed by atoms with Gasteiger partial charge in [-0.05, 0) is 36.6 Å². The van der Waals surface area contributed by atoms with Gasteiger partial charge in [0, 0.05) is 29.6 Å². The molecule has 0 atom stereocenters. The minimum absolute atomic E-state index is 0.0422. The van der Waals surface area contributed by atoms with Gasteiger partial charge in [-0.25, -0.2) is 4.79 Å². The number of rotatable bonds is 3. The molecule has 0 saturated carbocycles. The van der Waals surface area contributed by atoms with Crippen LogP contribution in [0, 0.1) is 0 Å². The summed E-state index contributed by atoms with van der Waals surface area (Å²) < 4.78 is 47.0. The van der Waals surface area contributed by atoms with Crippen LogP contribution in [-0.4, -0.2) is 23.4 Å². The van der Waals surface area contributed by atoms with Crippen molar-refractivity contribution in [2.75, 3.05) is 7.11 Å². The molecular formula is C22H18F3NO3. The minimum atomic E-state index is -4.48. The molecule has 0 aliphatic heterocycles. The summed E-state index contributed by atoms with van der Waals surface area (Å²) in [5, 5.41) is 0.462. The Balaban J connectivity index is 1.98. The number of ketones is 1. The molecule has 29 heavy (non-hydrogen) atoms. The maximum atomic E-state index is 13.5. The number of hydrogen-bond acceptors (Lipinski definition) is 3. The van der Waals surface area contributed by atoms with E-state index >= 15 is 0 Å². The second-order valence-electron chi connectivity index (χ2n) is 7.03. The number of alkyl halides is 3. The number of fused-ring (bicyclic) bond motifs is 3. The molecule has 1 aromatic heterocycles. The van der Waals surface area contributed by atoms with Gasteiger partial charge in [0.25, 0.3) is 0 Å². The number of halogens is 3. The van der Waals surface area contributed by atoms with Gasteiger partial charge in [-0.1, -0.05) is 24.3 Å². The number of ether oxygens (including phenoxy) is 1. The Kier molecular flexibility index (Phi) is 4.68. The average molecular weight is 401 g/mol. The van der Waals surface area contributed by atoms with Crippen molar-refractivity contribution in [3.63, 3.8) is 0 Å². The molecule has 0 unspecified atom stereocenters. The first-order valence-electron chi connectivity index (χ1n) is 9.23. The van der Waals surface area contributed by atoms with Crippen molar-refractivity contribution in [1.82, 2.24) is 4.57 Å². The Morgan fingerprint density at radius 2 is 1.86 bits per heavy atom. The fourth-order valence-electron chi connectivity index (χ4n) is 4.12. The summed E-state index contributed by atoms with van der Waals surface area (Å²) in [5.74, 6) is -0.680. The molecule has 3 aromatic rings. The van der Waals surface area contributed by atoms with Gasteiger partial charge in [-0.3, -0.25) is 4.79 Å². The third kappa shape index (κ3) is 3.20. The van der Waals surface area contributed by atoms with E-state index in [1.807, 2.05) is 0 Å². The average Bonchev–Trinajstić information content (AvgIpc) is 3.02. The van der Waals surface area contributed by atoms with Crippen LogP contribution in [0.5, 0.6) is 0 Å². The lowest BCUT2D eigenvalue weighted by Gasteiger charge is -2.18. The summed E-state index contributed by atoms with van der Waals surface area (Å²) in [6, 6.07) is 10.4. The van der Waals surface area contributed by atoms with Gasteiger partial charge in [0.1, 0.15) is 0 Å². The summed E-state index contributed by atoms with van der Waals surface area (Å²) in [6.07, 6.45) is -2.95. The number of benzene rings is 2. The normalized spacial score (nSPS) is 14.1. The van der Waals surface area contributed by atoms with E-state index in [1.54, 1.807) is 28.8 Å². The summed E-state index contributed by atoms with van der Waals surface area (Å²) in [5.41, 5.74) is 1.31. The Morgan fingerprint density at radius 1 is 1.10 bits per heavy atom. The summed E-state index contributed by atoms with van der Waals surface area (Å²) in [6.45, 7) is -0.0422. The van der Waals surface area contributed by atoms with E-state index in [4.69, 9.17) is 4.74 Å². The number of hydrogen-bond donors (Lipinski definition) is 0. The Bertz CT molecular complexity index is 1130. The van der Waals surface area contributed by atoms with Crippen LogP contribution in [0.2, 0.25) is 0 Å². The van der Waals surface area contributed by atoms with Crippen molar-refractivity contribution < 1.29 is 27.5 Å². The predicted octanol–water partition coefficient (Wildman–Crippen LogP) is 5.01. The fraction of sp³-hybridized carbons (Fsp3) is 0.273. The molecule has 2 aromatic carbocycles. The largest absolute Gasteiger partial charge is 0.465 e. The van der Waals surface area contributed by atoms with E-state index in [0.717, 1.165) is 6.07 Å². The van der Waals surface area contributed by atoms with E-state index in [9.17, 15) is 22.8 Å². The quantitative estimate of drug-likeness (QED) is 0.580. The number of esters is 1. The smallest absolute Gasteiger partial charge is 0.416 e. The van der Waals surface area contributed by atoms with Crippen molar-refractivity contribution in [2.45, 2.75) is 32.0 Å². The van der Waals surface area contributed by atoms with E-state index in [2.05, 4.69) is 0 Å². The Morgan fingerprint density at radius 3 is 2.59 bits per heavy atom. The highest BCUT2D eigenvalue weighted by molar-refractivity contribution is 6.16.